The molecule has 25 heavy (non-hydrogen) atoms. The number of piperazine rings is 1. The fraction of sp³-hybridized carbons (Fsp3) is 0.571. The monoisotopic (exact) mass is 390 g/mol. The van der Waals surface area contributed by atoms with Gasteiger partial charge in [-0.3, -0.25) is 0 Å². The molecule has 1 fully saturated rings. The van der Waals surface area contributed by atoms with E-state index in [1.165, 1.54) is 0 Å². The average molecular weight is 390 g/mol. The Bertz CT molecular complexity index is 722. The lowest BCUT2D eigenvalue weighted by atomic mass is 10.1. The molecule has 1 aromatic carbocycles. The summed E-state index contributed by atoms with van der Waals surface area (Å²) in [6.07, 6.45) is -10.0. The summed E-state index contributed by atoms with van der Waals surface area (Å²) in [6.45, 7) is 2.93. The fourth-order valence-corrected chi connectivity index (χ4v) is 4.23. The summed E-state index contributed by atoms with van der Waals surface area (Å²) in [5, 5.41) is 0. The van der Waals surface area contributed by atoms with Gasteiger partial charge in [-0.1, -0.05) is 6.92 Å². The smallest absolute Gasteiger partial charge is 0.301 e. The van der Waals surface area contributed by atoms with E-state index >= 15 is 0 Å². The van der Waals surface area contributed by atoms with Crippen molar-refractivity contribution in [1.82, 2.24) is 9.21 Å². The van der Waals surface area contributed by atoms with Crippen molar-refractivity contribution in [2.45, 2.75) is 24.2 Å². The zero-order valence-corrected chi connectivity index (χ0v) is 14.0. The molecule has 0 aromatic heterocycles. The molecule has 0 aliphatic carbocycles. The molecular weight excluding hydrogens is 374 g/mol. The molecule has 1 aliphatic rings. The molecule has 1 saturated heterocycles. The quantitative estimate of drug-likeness (QED) is 0.745. The van der Waals surface area contributed by atoms with Crippen molar-refractivity contribution in [3.05, 3.63) is 29.3 Å². The van der Waals surface area contributed by atoms with Gasteiger partial charge in [-0.15, -0.1) is 0 Å². The Morgan fingerprint density at radius 2 is 1.52 bits per heavy atom. The minimum Gasteiger partial charge on any atom is -0.301 e. The van der Waals surface area contributed by atoms with Gasteiger partial charge in [-0.05, 0) is 24.7 Å². The number of likely N-dealkylation sites (N-methyl/N-ethyl adjacent to an activating group) is 1. The maximum atomic E-state index is 13.1. The van der Waals surface area contributed by atoms with E-state index in [1.54, 1.807) is 0 Å². The summed E-state index contributed by atoms with van der Waals surface area (Å²) in [4.78, 5) is 0.530. The Morgan fingerprint density at radius 1 is 0.960 bits per heavy atom. The number of halogens is 6. The van der Waals surface area contributed by atoms with Crippen molar-refractivity contribution in [1.29, 1.82) is 0 Å². The van der Waals surface area contributed by atoms with Gasteiger partial charge in [0.1, 0.15) is 0 Å². The first-order valence-corrected chi connectivity index (χ1v) is 8.82. The second-order valence-electron chi connectivity index (χ2n) is 5.54. The van der Waals surface area contributed by atoms with Crippen LogP contribution in [0, 0.1) is 0 Å². The first-order chi connectivity index (χ1) is 11.4. The molecule has 0 atom stereocenters. The summed E-state index contributed by atoms with van der Waals surface area (Å²) in [5.41, 5.74) is -3.04. The number of alkyl halides is 6. The number of sulfonamides is 1. The molecule has 0 spiro atoms. The SMILES string of the molecule is CCN1CCN(S(=O)(=O)c2cc(C(F)(F)F)ccc2C(F)(F)F)CC1. The third kappa shape index (κ3) is 4.26. The van der Waals surface area contributed by atoms with E-state index in [0.717, 1.165) is 4.31 Å². The summed E-state index contributed by atoms with van der Waals surface area (Å²) in [7, 11) is -4.70. The van der Waals surface area contributed by atoms with Crippen LogP contribution in [0.4, 0.5) is 26.3 Å². The van der Waals surface area contributed by atoms with E-state index in [0.29, 0.717) is 19.6 Å². The van der Waals surface area contributed by atoms with Crippen LogP contribution in [-0.2, 0) is 22.4 Å². The normalized spacial score (nSPS) is 18.5. The number of rotatable bonds is 3. The van der Waals surface area contributed by atoms with Crippen LogP contribution in [0.5, 0.6) is 0 Å². The Hall–Kier alpha value is -1.33. The lowest BCUT2D eigenvalue weighted by Gasteiger charge is -2.33. The number of hydrogen-bond acceptors (Lipinski definition) is 3. The van der Waals surface area contributed by atoms with Gasteiger partial charge in [-0.25, -0.2) is 8.42 Å². The molecule has 0 bridgehead atoms. The van der Waals surface area contributed by atoms with Crippen LogP contribution in [0.1, 0.15) is 18.1 Å². The number of nitrogens with zero attached hydrogens (tertiary/aromatic N) is 2. The predicted molar refractivity (Wildman–Crippen MR) is 77.3 cm³/mol. The zero-order valence-electron chi connectivity index (χ0n) is 13.2. The van der Waals surface area contributed by atoms with Crippen molar-refractivity contribution in [2.24, 2.45) is 0 Å². The standard InChI is InChI=1S/C14H16F6N2O2S/c1-2-21-5-7-22(8-6-21)25(23,24)12-9-10(13(15,16)17)3-4-11(12)14(18,19)20/h3-4,9H,2,5-8H2,1H3. The Balaban J connectivity index is 2.51. The van der Waals surface area contributed by atoms with Gasteiger partial charge in [0, 0.05) is 26.2 Å². The summed E-state index contributed by atoms with van der Waals surface area (Å²) < 4.78 is 104. The second kappa shape index (κ2) is 6.76. The molecule has 1 aromatic rings. The van der Waals surface area contributed by atoms with Crippen LogP contribution in [0.15, 0.2) is 23.1 Å². The lowest BCUT2D eigenvalue weighted by Crippen LogP contribution is -2.48. The van der Waals surface area contributed by atoms with Crippen molar-refractivity contribution in [3.8, 4) is 0 Å². The van der Waals surface area contributed by atoms with E-state index < -0.39 is 38.4 Å². The first kappa shape index (κ1) is 20.0. The van der Waals surface area contributed by atoms with Crippen LogP contribution in [0.3, 0.4) is 0 Å². The highest BCUT2D eigenvalue weighted by Crippen LogP contribution is 2.39. The summed E-state index contributed by atoms with van der Waals surface area (Å²) >= 11 is 0. The highest BCUT2D eigenvalue weighted by atomic mass is 32.2. The molecule has 0 radical (unpaired) electrons. The third-order valence-corrected chi connectivity index (χ3v) is 5.95. The minimum atomic E-state index is -5.09. The molecule has 0 unspecified atom stereocenters. The molecule has 0 saturated carbocycles. The van der Waals surface area contributed by atoms with E-state index in [4.69, 9.17) is 0 Å². The van der Waals surface area contributed by atoms with Gasteiger partial charge in [-0.2, -0.15) is 30.6 Å². The fourth-order valence-electron chi connectivity index (χ4n) is 2.57. The van der Waals surface area contributed by atoms with E-state index in [9.17, 15) is 34.8 Å². The van der Waals surface area contributed by atoms with E-state index in [1.807, 2.05) is 11.8 Å². The highest BCUT2D eigenvalue weighted by molar-refractivity contribution is 7.89. The van der Waals surface area contributed by atoms with Gasteiger partial charge >= 0.3 is 12.4 Å². The minimum absolute atomic E-state index is 0.0599. The van der Waals surface area contributed by atoms with Crippen molar-refractivity contribution in [3.63, 3.8) is 0 Å². The molecule has 1 heterocycles. The largest absolute Gasteiger partial charge is 0.417 e. The number of benzene rings is 1. The lowest BCUT2D eigenvalue weighted by molar-refractivity contribution is -0.143. The van der Waals surface area contributed by atoms with E-state index in [-0.39, 0.29) is 31.3 Å². The van der Waals surface area contributed by atoms with Gasteiger partial charge in [0.05, 0.1) is 16.0 Å². The topological polar surface area (TPSA) is 40.6 Å². The molecule has 1 aliphatic heterocycles. The maximum Gasteiger partial charge on any atom is 0.417 e. The molecular formula is C14H16F6N2O2S. The third-order valence-electron chi connectivity index (χ3n) is 4.01. The Kier molecular flexibility index (Phi) is 5.41. The Morgan fingerprint density at radius 3 is 1.96 bits per heavy atom. The second-order valence-corrected chi connectivity index (χ2v) is 7.45. The summed E-state index contributed by atoms with van der Waals surface area (Å²) in [6, 6.07) is 0.458. The molecule has 2 rings (SSSR count). The van der Waals surface area contributed by atoms with Gasteiger partial charge < -0.3 is 4.90 Å². The van der Waals surface area contributed by atoms with Gasteiger partial charge in [0.25, 0.3) is 0 Å². The van der Waals surface area contributed by atoms with Crippen molar-refractivity contribution in [2.75, 3.05) is 32.7 Å². The maximum absolute atomic E-state index is 13.1. The van der Waals surface area contributed by atoms with Crippen molar-refractivity contribution < 1.29 is 34.8 Å². The first-order valence-electron chi connectivity index (χ1n) is 7.38. The molecule has 142 valence electrons. The molecule has 0 amide bonds. The van der Waals surface area contributed by atoms with Crippen LogP contribution in [0.25, 0.3) is 0 Å². The highest BCUT2D eigenvalue weighted by Gasteiger charge is 2.42. The molecule has 11 heteroatoms. The van der Waals surface area contributed by atoms with Crippen LogP contribution in [-0.4, -0.2) is 50.3 Å². The molecule has 0 N–H and O–H groups in total. The summed E-state index contributed by atoms with van der Waals surface area (Å²) in [5.74, 6) is 0. The predicted octanol–water partition coefficient (Wildman–Crippen LogP) is 3.05. The van der Waals surface area contributed by atoms with Gasteiger partial charge in [0.2, 0.25) is 10.0 Å². The van der Waals surface area contributed by atoms with Crippen molar-refractivity contribution >= 4 is 10.0 Å². The van der Waals surface area contributed by atoms with Gasteiger partial charge in [0.15, 0.2) is 0 Å². The number of hydrogen-bond donors (Lipinski definition) is 0. The van der Waals surface area contributed by atoms with E-state index in [2.05, 4.69) is 0 Å². The zero-order chi connectivity index (χ0) is 19.0. The van der Waals surface area contributed by atoms with Crippen LogP contribution >= 0.6 is 0 Å². The van der Waals surface area contributed by atoms with Crippen LogP contribution < -0.4 is 0 Å². The molecule has 4 nitrogen and oxygen atoms in total. The van der Waals surface area contributed by atoms with Crippen LogP contribution in [0.2, 0.25) is 0 Å². The Labute approximate surface area is 141 Å². The average Bonchev–Trinajstić information content (AvgIpc) is 2.52.